The molecule has 0 spiro atoms. The van der Waals surface area contributed by atoms with Crippen LogP contribution in [-0.2, 0) is 22.5 Å². The number of aromatic nitrogens is 2. The van der Waals surface area contributed by atoms with Crippen molar-refractivity contribution in [2.24, 2.45) is 0 Å². The second kappa shape index (κ2) is 16.4. The Labute approximate surface area is 237 Å². The van der Waals surface area contributed by atoms with Gasteiger partial charge in [-0.3, -0.25) is 14.4 Å². The molecule has 1 aliphatic heterocycles. The predicted molar refractivity (Wildman–Crippen MR) is 158 cm³/mol. The van der Waals surface area contributed by atoms with Crippen LogP contribution in [-0.4, -0.2) is 59.3 Å². The van der Waals surface area contributed by atoms with Crippen LogP contribution in [0.25, 0.3) is 0 Å². The Hall–Kier alpha value is -3.78. The number of benzene rings is 2. The molecule has 1 saturated heterocycles. The number of esters is 1. The van der Waals surface area contributed by atoms with E-state index < -0.39 is 0 Å². The SMILES string of the molecule is CCOC(=O)Cc1cccc(Cn2nc(C)ccc2=O)c1.Cc1ccc(C(=O)NCCCCN2CCCC2)cc1. The molecule has 214 valence electrons. The van der Waals surface area contributed by atoms with Crippen molar-refractivity contribution in [2.45, 2.75) is 59.4 Å². The van der Waals surface area contributed by atoms with Crippen LogP contribution >= 0.6 is 0 Å². The van der Waals surface area contributed by atoms with Crippen molar-refractivity contribution in [3.05, 3.63) is 99.0 Å². The number of aryl methyl sites for hydroxylation is 2. The molecule has 40 heavy (non-hydrogen) atoms. The standard InChI is InChI=1S/C16H18N2O3.C16H24N2O/c1-3-21-16(20)10-13-5-4-6-14(9-13)11-18-15(19)8-7-12(2)17-18;1-14-6-8-15(9-7-14)16(19)17-10-2-3-11-18-12-4-5-13-18/h4-9H,3,10-11H2,1-2H3;6-9H,2-5,10-13H2,1H3,(H,17,19). The van der Waals surface area contributed by atoms with E-state index in [4.69, 9.17) is 4.74 Å². The number of nitrogens with zero attached hydrogens (tertiary/aromatic N) is 3. The number of ether oxygens (including phenoxy) is 1. The highest BCUT2D eigenvalue weighted by atomic mass is 16.5. The van der Waals surface area contributed by atoms with Gasteiger partial charge in [-0.15, -0.1) is 0 Å². The van der Waals surface area contributed by atoms with Gasteiger partial charge in [-0.2, -0.15) is 5.10 Å². The van der Waals surface area contributed by atoms with Crippen LogP contribution in [0.15, 0.2) is 65.5 Å². The molecule has 8 heteroatoms. The Morgan fingerprint density at radius 1 is 0.950 bits per heavy atom. The molecule has 2 heterocycles. The van der Waals surface area contributed by atoms with Gasteiger partial charge >= 0.3 is 5.97 Å². The van der Waals surface area contributed by atoms with Gasteiger partial charge < -0.3 is 15.0 Å². The van der Waals surface area contributed by atoms with Gasteiger partial charge in [-0.1, -0.05) is 42.0 Å². The van der Waals surface area contributed by atoms with Crippen molar-refractivity contribution in [1.82, 2.24) is 20.0 Å². The number of unbranched alkanes of at least 4 members (excludes halogenated alkanes) is 1. The van der Waals surface area contributed by atoms with E-state index in [9.17, 15) is 14.4 Å². The largest absolute Gasteiger partial charge is 0.466 e. The summed E-state index contributed by atoms with van der Waals surface area (Å²) in [7, 11) is 0. The molecule has 0 atom stereocenters. The number of likely N-dealkylation sites (tertiary alicyclic amines) is 1. The van der Waals surface area contributed by atoms with Gasteiger partial charge in [0.2, 0.25) is 0 Å². The van der Waals surface area contributed by atoms with Crippen molar-refractivity contribution in [3.63, 3.8) is 0 Å². The van der Waals surface area contributed by atoms with E-state index in [1.54, 1.807) is 13.0 Å². The Morgan fingerprint density at radius 3 is 2.40 bits per heavy atom. The third kappa shape index (κ3) is 10.8. The average molecular weight is 547 g/mol. The number of hydrogen-bond acceptors (Lipinski definition) is 6. The predicted octanol–water partition coefficient (Wildman–Crippen LogP) is 4.31. The average Bonchev–Trinajstić information content (AvgIpc) is 3.45. The summed E-state index contributed by atoms with van der Waals surface area (Å²) in [5, 5.41) is 7.19. The van der Waals surface area contributed by atoms with Crippen LogP contribution in [0, 0.1) is 13.8 Å². The Kier molecular flexibility index (Phi) is 12.6. The molecule has 2 aromatic carbocycles. The molecule has 1 N–H and O–H groups in total. The lowest BCUT2D eigenvalue weighted by atomic mass is 10.1. The minimum atomic E-state index is -0.250. The zero-order valence-electron chi connectivity index (χ0n) is 24.0. The van der Waals surface area contributed by atoms with E-state index in [1.807, 2.05) is 62.4 Å². The first-order valence-corrected chi connectivity index (χ1v) is 14.2. The zero-order valence-corrected chi connectivity index (χ0v) is 24.0. The highest BCUT2D eigenvalue weighted by molar-refractivity contribution is 5.94. The Bertz CT molecular complexity index is 1280. The molecule has 3 aromatic rings. The molecular formula is C32H42N4O4. The number of rotatable bonds is 11. The van der Waals surface area contributed by atoms with Crippen LogP contribution in [0.1, 0.15) is 65.3 Å². The lowest BCUT2D eigenvalue weighted by Gasteiger charge is -2.14. The van der Waals surface area contributed by atoms with Gasteiger partial charge in [0.25, 0.3) is 11.5 Å². The van der Waals surface area contributed by atoms with Crippen LogP contribution in [0.4, 0.5) is 0 Å². The van der Waals surface area contributed by atoms with Crippen molar-refractivity contribution in [1.29, 1.82) is 0 Å². The number of carbonyl (C=O) groups is 2. The van der Waals surface area contributed by atoms with Crippen LogP contribution < -0.4 is 10.9 Å². The molecule has 0 bridgehead atoms. The van der Waals surface area contributed by atoms with Crippen LogP contribution in [0.3, 0.4) is 0 Å². The maximum atomic E-state index is 11.9. The van der Waals surface area contributed by atoms with Crippen LogP contribution in [0.2, 0.25) is 0 Å². The van der Waals surface area contributed by atoms with Crippen molar-refractivity contribution >= 4 is 11.9 Å². The van der Waals surface area contributed by atoms with Gasteiger partial charge in [0.1, 0.15) is 0 Å². The molecule has 0 aliphatic carbocycles. The summed E-state index contributed by atoms with van der Waals surface area (Å²) in [6.07, 6.45) is 5.18. The number of amides is 1. The minimum Gasteiger partial charge on any atom is -0.466 e. The molecule has 0 unspecified atom stereocenters. The van der Waals surface area contributed by atoms with Crippen molar-refractivity contribution in [3.8, 4) is 0 Å². The minimum absolute atomic E-state index is 0.0428. The first kappa shape index (κ1) is 30.8. The van der Waals surface area contributed by atoms with Crippen molar-refractivity contribution in [2.75, 3.05) is 32.8 Å². The monoisotopic (exact) mass is 546 g/mol. The smallest absolute Gasteiger partial charge is 0.310 e. The third-order valence-electron chi connectivity index (χ3n) is 6.68. The second-order valence-corrected chi connectivity index (χ2v) is 10.2. The van der Waals surface area contributed by atoms with E-state index in [0.29, 0.717) is 13.2 Å². The highest BCUT2D eigenvalue weighted by Crippen LogP contribution is 2.09. The first-order valence-electron chi connectivity index (χ1n) is 14.2. The molecule has 8 nitrogen and oxygen atoms in total. The fourth-order valence-corrected chi connectivity index (χ4v) is 4.53. The normalized spacial score (nSPS) is 12.9. The fourth-order valence-electron chi connectivity index (χ4n) is 4.53. The quantitative estimate of drug-likeness (QED) is 0.285. The molecule has 1 aromatic heterocycles. The van der Waals surface area contributed by atoms with Crippen LogP contribution in [0.5, 0.6) is 0 Å². The summed E-state index contributed by atoms with van der Waals surface area (Å²) in [6.45, 7) is 10.9. The summed E-state index contributed by atoms with van der Waals surface area (Å²) in [4.78, 5) is 37.6. The van der Waals surface area contributed by atoms with E-state index in [-0.39, 0.29) is 23.9 Å². The maximum Gasteiger partial charge on any atom is 0.310 e. The molecular weight excluding hydrogens is 504 g/mol. The number of carbonyl (C=O) groups excluding carboxylic acids is 2. The maximum absolute atomic E-state index is 11.9. The van der Waals surface area contributed by atoms with Gasteiger partial charge in [0, 0.05) is 18.2 Å². The summed E-state index contributed by atoms with van der Waals surface area (Å²) in [5.41, 5.74) is 4.38. The lowest BCUT2D eigenvalue weighted by molar-refractivity contribution is -0.142. The van der Waals surface area contributed by atoms with Gasteiger partial charge in [0.05, 0.1) is 25.3 Å². The molecule has 1 amide bonds. The Morgan fingerprint density at radius 2 is 1.68 bits per heavy atom. The molecule has 1 fully saturated rings. The summed E-state index contributed by atoms with van der Waals surface area (Å²) in [6, 6.07) is 18.4. The summed E-state index contributed by atoms with van der Waals surface area (Å²) in [5.74, 6) is -0.207. The van der Waals surface area contributed by atoms with E-state index in [2.05, 4.69) is 15.3 Å². The fraction of sp³-hybridized carbons (Fsp3) is 0.438. The Balaban J connectivity index is 0.000000222. The lowest BCUT2D eigenvalue weighted by Crippen LogP contribution is -2.26. The molecule has 0 radical (unpaired) electrons. The second-order valence-electron chi connectivity index (χ2n) is 10.2. The van der Waals surface area contributed by atoms with Gasteiger partial charge in [-0.05, 0) is 95.4 Å². The highest BCUT2D eigenvalue weighted by Gasteiger charge is 2.10. The summed E-state index contributed by atoms with van der Waals surface area (Å²) >= 11 is 0. The third-order valence-corrected chi connectivity index (χ3v) is 6.68. The van der Waals surface area contributed by atoms with E-state index >= 15 is 0 Å². The number of hydrogen-bond donors (Lipinski definition) is 1. The zero-order chi connectivity index (χ0) is 28.7. The first-order chi connectivity index (χ1) is 19.3. The van der Waals surface area contributed by atoms with Gasteiger partial charge in [-0.25, -0.2) is 4.68 Å². The topological polar surface area (TPSA) is 93.5 Å². The van der Waals surface area contributed by atoms with E-state index in [1.165, 1.54) is 55.2 Å². The number of nitrogens with one attached hydrogen (secondary N) is 1. The van der Waals surface area contributed by atoms with Crippen molar-refractivity contribution < 1.29 is 14.3 Å². The molecule has 1 aliphatic rings. The molecule has 4 rings (SSSR count). The molecule has 0 saturated carbocycles. The van der Waals surface area contributed by atoms with Gasteiger partial charge in [0.15, 0.2) is 0 Å². The van der Waals surface area contributed by atoms with E-state index in [0.717, 1.165) is 35.3 Å². The summed E-state index contributed by atoms with van der Waals surface area (Å²) < 4.78 is 6.35.